The van der Waals surface area contributed by atoms with Gasteiger partial charge in [-0.1, -0.05) is 0 Å². The molecule has 1 aliphatic heterocycles. The molecule has 0 aromatic carbocycles. The number of hydrogen-bond acceptors (Lipinski definition) is 4. The smallest absolute Gasteiger partial charge is 0.272 e. The predicted molar refractivity (Wildman–Crippen MR) is 81.7 cm³/mol. The van der Waals surface area contributed by atoms with Crippen LogP contribution in [0.3, 0.4) is 0 Å². The summed E-state index contributed by atoms with van der Waals surface area (Å²) in [6, 6.07) is 5.19. The highest BCUT2D eigenvalue weighted by atomic mass is 16.3. The number of carbonyl (C=O) groups is 1. The Morgan fingerprint density at radius 1 is 1.41 bits per heavy atom. The molecule has 3 rings (SSSR count). The van der Waals surface area contributed by atoms with Gasteiger partial charge in [0.1, 0.15) is 5.69 Å². The van der Waals surface area contributed by atoms with E-state index < -0.39 is 5.60 Å². The van der Waals surface area contributed by atoms with Gasteiger partial charge in [0.25, 0.3) is 5.91 Å². The molecule has 1 unspecified atom stereocenters. The van der Waals surface area contributed by atoms with Gasteiger partial charge in [-0.3, -0.25) is 9.78 Å². The van der Waals surface area contributed by atoms with Crippen molar-refractivity contribution in [1.82, 2.24) is 19.7 Å². The Hall–Kier alpha value is -2.21. The van der Waals surface area contributed by atoms with Crippen LogP contribution in [0.15, 0.2) is 36.8 Å². The number of nitrogens with zero attached hydrogens (tertiary/aromatic N) is 4. The zero-order valence-electron chi connectivity index (χ0n) is 12.8. The molecule has 2 aromatic heterocycles. The molecule has 22 heavy (non-hydrogen) atoms. The van der Waals surface area contributed by atoms with Gasteiger partial charge < -0.3 is 10.0 Å². The van der Waals surface area contributed by atoms with Gasteiger partial charge in [-0.2, -0.15) is 5.10 Å². The van der Waals surface area contributed by atoms with E-state index in [1.807, 2.05) is 12.3 Å². The lowest BCUT2D eigenvalue weighted by Gasteiger charge is -2.33. The van der Waals surface area contributed by atoms with Crippen LogP contribution >= 0.6 is 0 Å². The first-order valence-electron chi connectivity index (χ1n) is 7.46. The minimum atomic E-state index is -0.911. The lowest BCUT2D eigenvalue weighted by atomic mass is 9.96. The van der Waals surface area contributed by atoms with Crippen molar-refractivity contribution in [2.75, 3.05) is 6.54 Å². The summed E-state index contributed by atoms with van der Waals surface area (Å²) in [7, 11) is 0. The van der Waals surface area contributed by atoms with E-state index in [1.54, 1.807) is 48.0 Å². The minimum Gasteiger partial charge on any atom is -0.388 e. The number of likely N-dealkylation sites (tertiary alicyclic amines) is 1. The van der Waals surface area contributed by atoms with Crippen LogP contribution in [0.5, 0.6) is 0 Å². The second-order valence-corrected chi connectivity index (χ2v) is 6.16. The molecule has 2 aromatic rings. The lowest BCUT2D eigenvalue weighted by molar-refractivity contribution is 0.000120. The molecule has 0 radical (unpaired) electrons. The first kappa shape index (κ1) is 14.7. The fourth-order valence-electron chi connectivity index (χ4n) is 2.99. The maximum absolute atomic E-state index is 12.7. The summed E-state index contributed by atoms with van der Waals surface area (Å²) in [5, 5.41) is 14.4. The van der Waals surface area contributed by atoms with Crippen LogP contribution in [0, 0.1) is 0 Å². The highest BCUT2D eigenvalue weighted by Crippen LogP contribution is 2.28. The molecule has 0 spiro atoms. The molecule has 0 bridgehead atoms. The van der Waals surface area contributed by atoms with Crippen LogP contribution in [-0.4, -0.2) is 48.9 Å². The van der Waals surface area contributed by atoms with E-state index >= 15 is 0 Å². The van der Waals surface area contributed by atoms with Crippen LogP contribution in [0.1, 0.15) is 37.2 Å². The Bertz CT molecular complexity index is 661. The highest BCUT2D eigenvalue weighted by molar-refractivity contribution is 5.93. The fraction of sp³-hybridized carbons (Fsp3) is 0.438. The summed E-state index contributed by atoms with van der Waals surface area (Å²) < 4.78 is 1.69. The van der Waals surface area contributed by atoms with Gasteiger partial charge in [0, 0.05) is 25.1 Å². The van der Waals surface area contributed by atoms with Crippen molar-refractivity contribution in [2.45, 2.75) is 38.3 Å². The molecule has 1 aliphatic rings. The number of amides is 1. The van der Waals surface area contributed by atoms with E-state index in [9.17, 15) is 9.90 Å². The standard InChI is InChI=1S/C16H20N4O2/c1-16(2,22)14-5-3-9-19(14)15(21)13-11-12(6-8-17-13)20-10-4-7-18-20/h4,6-8,10-11,14,22H,3,5,9H2,1-2H3. The van der Waals surface area contributed by atoms with Crippen LogP contribution in [-0.2, 0) is 0 Å². The van der Waals surface area contributed by atoms with E-state index in [-0.39, 0.29) is 11.9 Å². The average Bonchev–Trinajstić information content (AvgIpc) is 3.17. The van der Waals surface area contributed by atoms with Crippen molar-refractivity contribution in [3.8, 4) is 5.69 Å². The summed E-state index contributed by atoms with van der Waals surface area (Å²) in [5.41, 5.74) is 0.262. The van der Waals surface area contributed by atoms with Crippen molar-refractivity contribution in [3.05, 3.63) is 42.5 Å². The number of pyridine rings is 1. The van der Waals surface area contributed by atoms with Crippen molar-refractivity contribution >= 4 is 5.91 Å². The Morgan fingerprint density at radius 3 is 2.91 bits per heavy atom. The fourth-order valence-corrected chi connectivity index (χ4v) is 2.99. The van der Waals surface area contributed by atoms with Crippen LogP contribution in [0.2, 0.25) is 0 Å². The summed E-state index contributed by atoms with van der Waals surface area (Å²) in [4.78, 5) is 18.7. The topological polar surface area (TPSA) is 71.2 Å². The maximum Gasteiger partial charge on any atom is 0.272 e. The van der Waals surface area contributed by atoms with Crippen LogP contribution < -0.4 is 0 Å². The second-order valence-electron chi connectivity index (χ2n) is 6.16. The number of rotatable bonds is 3. The SMILES string of the molecule is CC(C)(O)C1CCCN1C(=O)c1cc(-n2cccn2)ccn1. The summed E-state index contributed by atoms with van der Waals surface area (Å²) >= 11 is 0. The van der Waals surface area contributed by atoms with Crippen LogP contribution in [0.25, 0.3) is 5.69 Å². The molecule has 1 saturated heterocycles. The van der Waals surface area contributed by atoms with Gasteiger partial charge in [0.05, 0.1) is 17.3 Å². The van der Waals surface area contributed by atoms with E-state index in [1.165, 1.54) is 0 Å². The van der Waals surface area contributed by atoms with E-state index in [4.69, 9.17) is 0 Å². The molecule has 1 amide bonds. The normalized spacial score (nSPS) is 18.7. The predicted octanol–water partition coefficient (Wildman–Crippen LogP) is 1.64. The highest BCUT2D eigenvalue weighted by Gasteiger charge is 2.39. The second kappa shape index (κ2) is 5.53. The van der Waals surface area contributed by atoms with Crippen molar-refractivity contribution in [2.24, 2.45) is 0 Å². The van der Waals surface area contributed by atoms with Crippen molar-refractivity contribution in [1.29, 1.82) is 0 Å². The molecule has 3 heterocycles. The van der Waals surface area contributed by atoms with Gasteiger partial charge in [0.2, 0.25) is 0 Å². The minimum absolute atomic E-state index is 0.140. The molecular weight excluding hydrogens is 280 g/mol. The lowest BCUT2D eigenvalue weighted by Crippen LogP contribution is -2.48. The van der Waals surface area contributed by atoms with E-state index in [2.05, 4.69) is 10.1 Å². The Labute approximate surface area is 129 Å². The van der Waals surface area contributed by atoms with E-state index in [0.717, 1.165) is 18.5 Å². The van der Waals surface area contributed by atoms with Gasteiger partial charge in [-0.05, 0) is 44.9 Å². The number of aromatic nitrogens is 3. The average molecular weight is 300 g/mol. The first-order valence-corrected chi connectivity index (χ1v) is 7.46. The van der Waals surface area contributed by atoms with E-state index in [0.29, 0.717) is 12.2 Å². The molecule has 1 N–H and O–H groups in total. The monoisotopic (exact) mass is 300 g/mol. The van der Waals surface area contributed by atoms with Crippen LogP contribution in [0.4, 0.5) is 0 Å². The quantitative estimate of drug-likeness (QED) is 0.935. The van der Waals surface area contributed by atoms with Gasteiger partial charge in [-0.25, -0.2) is 4.68 Å². The molecule has 1 atom stereocenters. The molecule has 0 saturated carbocycles. The molecule has 1 fully saturated rings. The van der Waals surface area contributed by atoms with Gasteiger partial charge in [0.15, 0.2) is 0 Å². The third kappa shape index (κ3) is 2.74. The van der Waals surface area contributed by atoms with Gasteiger partial charge in [-0.15, -0.1) is 0 Å². The molecule has 116 valence electrons. The Kier molecular flexibility index (Phi) is 3.70. The summed E-state index contributed by atoms with van der Waals surface area (Å²) in [5.74, 6) is -0.140. The number of hydrogen-bond donors (Lipinski definition) is 1. The summed E-state index contributed by atoms with van der Waals surface area (Å²) in [6.45, 7) is 4.15. The van der Waals surface area contributed by atoms with Gasteiger partial charge >= 0.3 is 0 Å². The maximum atomic E-state index is 12.7. The largest absolute Gasteiger partial charge is 0.388 e. The third-order valence-corrected chi connectivity index (χ3v) is 4.06. The number of aliphatic hydroxyl groups is 1. The molecule has 0 aliphatic carbocycles. The van der Waals surface area contributed by atoms with Crippen molar-refractivity contribution in [3.63, 3.8) is 0 Å². The molecule has 6 heteroatoms. The summed E-state index contributed by atoms with van der Waals surface area (Å²) in [6.07, 6.45) is 6.83. The Morgan fingerprint density at radius 2 is 2.23 bits per heavy atom. The molecular formula is C16H20N4O2. The first-order chi connectivity index (χ1) is 10.5. The molecule has 6 nitrogen and oxygen atoms in total. The number of carbonyl (C=O) groups excluding carboxylic acids is 1. The Balaban J connectivity index is 1.88. The third-order valence-electron chi connectivity index (χ3n) is 4.06. The zero-order chi connectivity index (χ0) is 15.7. The zero-order valence-corrected chi connectivity index (χ0v) is 12.8. The van der Waals surface area contributed by atoms with Crippen molar-refractivity contribution < 1.29 is 9.90 Å².